The SMILES string of the molecule is Cc1cc(NC(=O)c2ccccc2COO)ccc1-c1ccc(NC(=O)c2ccccc2C(=O)O)cc1C(F)(F)F. The van der Waals surface area contributed by atoms with Crippen LogP contribution < -0.4 is 10.6 Å². The number of nitrogens with one attached hydrogen (secondary N) is 2. The molecule has 4 aromatic carbocycles. The number of hydrogen-bond donors (Lipinski definition) is 4. The van der Waals surface area contributed by atoms with E-state index in [9.17, 15) is 32.7 Å². The molecule has 8 nitrogen and oxygen atoms in total. The van der Waals surface area contributed by atoms with Gasteiger partial charge in [-0.1, -0.05) is 42.5 Å². The van der Waals surface area contributed by atoms with Crippen LogP contribution in [0, 0.1) is 6.92 Å². The van der Waals surface area contributed by atoms with Crippen molar-refractivity contribution in [1.82, 2.24) is 0 Å². The number of alkyl halides is 3. The summed E-state index contributed by atoms with van der Waals surface area (Å²) < 4.78 is 42.4. The lowest BCUT2D eigenvalue weighted by Gasteiger charge is -2.18. The molecule has 0 fully saturated rings. The second-order valence-corrected chi connectivity index (χ2v) is 8.98. The molecule has 0 radical (unpaired) electrons. The second-order valence-electron chi connectivity index (χ2n) is 8.98. The quantitative estimate of drug-likeness (QED) is 0.137. The van der Waals surface area contributed by atoms with Crippen LogP contribution in [0.3, 0.4) is 0 Å². The van der Waals surface area contributed by atoms with Gasteiger partial charge in [-0.2, -0.15) is 13.2 Å². The highest BCUT2D eigenvalue weighted by atomic mass is 19.4. The minimum Gasteiger partial charge on any atom is -0.478 e. The van der Waals surface area contributed by atoms with Crippen molar-refractivity contribution in [3.05, 3.63) is 118 Å². The van der Waals surface area contributed by atoms with E-state index in [0.717, 1.165) is 6.07 Å². The average Bonchev–Trinajstić information content (AvgIpc) is 2.93. The number of carboxylic acid groups (broad SMARTS) is 1. The highest BCUT2D eigenvalue weighted by molar-refractivity contribution is 6.10. The van der Waals surface area contributed by atoms with E-state index in [4.69, 9.17) is 5.26 Å². The molecular weight excluding hydrogens is 541 g/mol. The summed E-state index contributed by atoms with van der Waals surface area (Å²) in [5, 5.41) is 23.1. The number of aryl methyl sites for hydroxylation is 1. The van der Waals surface area contributed by atoms with Gasteiger partial charge in [0, 0.05) is 16.9 Å². The number of hydrogen-bond acceptors (Lipinski definition) is 5. The Bertz CT molecular complexity index is 1640. The minimum atomic E-state index is -4.78. The van der Waals surface area contributed by atoms with Crippen LogP contribution in [-0.4, -0.2) is 28.1 Å². The first-order chi connectivity index (χ1) is 19.5. The van der Waals surface area contributed by atoms with Crippen molar-refractivity contribution in [2.24, 2.45) is 0 Å². The van der Waals surface area contributed by atoms with Crippen molar-refractivity contribution >= 4 is 29.2 Å². The van der Waals surface area contributed by atoms with Crippen LogP contribution >= 0.6 is 0 Å². The van der Waals surface area contributed by atoms with Crippen molar-refractivity contribution in [2.45, 2.75) is 19.7 Å². The van der Waals surface area contributed by atoms with Gasteiger partial charge in [0.25, 0.3) is 11.8 Å². The van der Waals surface area contributed by atoms with Crippen LogP contribution in [-0.2, 0) is 17.7 Å². The molecular formula is C30H23F3N2O6. The fourth-order valence-corrected chi connectivity index (χ4v) is 4.34. The van der Waals surface area contributed by atoms with Crippen molar-refractivity contribution in [3.8, 4) is 11.1 Å². The number of carbonyl (C=O) groups is 3. The lowest BCUT2D eigenvalue weighted by molar-refractivity contribution is -0.253. The predicted octanol–water partition coefficient (Wildman–Crippen LogP) is 6.87. The molecule has 4 N–H and O–H groups in total. The van der Waals surface area contributed by atoms with E-state index in [1.54, 1.807) is 31.2 Å². The Morgan fingerprint density at radius 1 is 0.756 bits per heavy atom. The maximum atomic E-state index is 14.1. The first-order valence-electron chi connectivity index (χ1n) is 12.1. The highest BCUT2D eigenvalue weighted by Crippen LogP contribution is 2.40. The fourth-order valence-electron chi connectivity index (χ4n) is 4.34. The van der Waals surface area contributed by atoms with Gasteiger partial charge in [0.15, 0.2) is 0 Å². The highest BCUT2D eigenvalue weighted by Gasteiger charge is 2.34. The number of aromatic carboxylic acids is 1. The van der Waals surface area contributed by atoms with E-state index in [0.29, 0.717) is 16.8 Å². The first kappa shape index (κ1) is 29.0. The molecule has 0 aliphatic carbocycles. The second kappa shape index (κ2) is 12.0. The molecule has 4 rings (SSSR count). The molecule has 0 heterocycles. The van der Waals surface area contributed by atoms with Crippen LogP contribution in [0.2, 0.25) is 0 Å². The summed E-state index contributed by atoms with van der Waals surface area (Å²) in [5.41, 5.74) is -0.0967. The third-order valence-corrected chi connectivity index (χ3v) is 6.24. The Labute approximate surface area is 232 Å². The summed E-state index contributed by atoms with van der Waals surface area (Å²) in [6.07, 6.45) is -4.78. The summed E-state index contributed by atoms with van der Waals surface area (Å²) in [6, 6.07) is 19.5. The predicted molar refractivity (Wildman–Crippen MR) is 145 cm³/mol. The van der Waals surface area contributed by atoms with Gasteiger partial charge in [-0.3, -0.25) is 14.8 Å². The summed E-state index contributed by atoms with van der Waals surface area (Å²) in [7, 11) is 0. The molecule has 2 amide bonds. The maximum Gasteiger partial charge on any atom is 0.417 e. The van der Waals surface area contributed by atoms with Gasteiger partial charge >= 0.3 is 12.1 Å². The molecule has 0 aliphatic heterocycles. The van der Waals surface area contributed by atoms with Gasteiger partial charge in [0.05, 0.1) is 16.7 Å². The van der Waals surface area contributed by atoms with Crippen molar-refractivity contribution < 1.29 is 42.8 Å². The largest absolute Gasteiger partial charge is 0.478 e. The average molecular weight is 565 g/mol. The van der Waals surface area contributed by atoms with E-state index in [1.807, 2.05) is 0 Å². The van der Waals surface area contributed by atoms with E-state index in [2.05, 4.69) is 15.5 Å². The van der Waals surface area contributed by atoms with Crippen LogP contribution in [0.1, 0.15) is 47.8 Å². The molecule has 0 unspecified atom stereocenters. The molecule has 0 aliphatic rings. The van der Waals surface area contributed by atoms with Gasteiger partial charge in [0.1, 0.15) is 6.61 Å². The third-order valence-electron chi connectivity index (χ3n) is 6.24. The Balaban J connectivity index is 1.62. The fraction of sp³-hybridized carbons (Fsp3) is 0.100. The normalized spacial score (nSPS) is 11.1. The summed E-state index contributed by atoms with van der Waals surface area (Å²) in [4.78, 5) is 41.0. The van der Waals surface area contributed by atoms with Crippen molar-refractivity contribution in [2.75, 3.05) is 10.6 Å². The van der Waals surface area contributed by atoms with E-state index in [1.165, 1.54) is 54.6 Å². The number of amides is 2. The summed E-state index contributed by atoms with van der Waals surface area (Å²) in [5.74, 6) is -2.71. The molecule has 0 saturated heterocycles. The molecule has 0 spiro atoms. The van der Waals surface area contributed by atoms with Crippen LogP contribution in [0.5, 0.6) is 0 Å². The van der Waals surface area contributed by atoms with Crippen LogP contribution in [0.15, 0.2) is 84.9 Å². The Kier molecular flexibility index (Phi) is 8.51. The number of rotatable bonds is 8. The summed E-state index contributed by atoms with van der Waals surface area (Å²) in [6.45, 7) is 1.39. The van der Waals surface area contributed by atoms with Crippen LogP contribution in [0.25, 0.3) is 11.1 Å². The van der Waals surface area contributed by atoms with Crippen LogP contribution in [0.4, 0.5) is 24.5 Å². The minimum absolute atomic E-state index is 0.151. The number of carboxylic acids is 1. The number of benzene rings is 4. The van der Waals surface area contributed by atoms with Gasteiger partial charge in [-0.15, -0.1) is 0 Å². The first-order valence-corrected chi connectivity index (χ1v) is 12.1. The van der Waals surface area contributed by atoms with Gasteiger partial charge in [0.2, 0.25) is 0 Å². The van der Waals surface area contributed by atoms with Crippen molar-refractivity contribution in [1.29, 1.82) is 0 Å². The van der Waals surface area contributed by atoms with Crippen molar-refractivity contribution in [3.63, 3.8) is 0 Å². The molecule has 41 heavy (non-hydrogen) atoms. The van der Waals surface area contributed by atoms with E-state index >= 15 is 0 Å². The molecule has 0 atom stereocenters. The van der Waals surface area contributed by atoms with Gasteiger partial charge < -0.3 is 15.7 Å². The Morgan fingerprint density at radius 3 is 1.88 bits per heavy atom. The number of anilines is 2. The van der Waals surface area contributed by atoms with Gasteiger partial charge in [-0.05, 0) is 71.6 Å². The zero-order valence-electron chi connectivity index (χ0n) is 21.5. The Morgan fingerprint density at radius 2 is 1.29 bits per heavy atom. The number of halogens is 3. The molecule has 0 aromatic heterocycles. The molecule has 0 bridgehead atoms. The molecule has 4 aromatic rings. The maximum absolute atomic E-state index is 14.1. The zero-order valence-corrected chi connectivity index (χ0v) is 21.5. The molecule has 11 heteroatoms. The Hall–Kier alpha value is -5.00. The lowest BCUT2D eigenvalue weighted by Crippen LogP contribution is -2.17. The number of carbonyl (C=O) groups excluding carboxylic acids is 2. The van der Waals surface area contributed by atoms with E-state index < -0.39 is 29.5 Å². The zero-order chi connectivity index (χ0) is 29.7. The smallest absolute Gasteiger partial charge is 0.417 e. The van der Waals surface area contributed by atoms with E-state index in [-0.39, 0.29) is 40.1 Å². The summed E-state index contributed by atoms with van der Waals surface area (Å²) >= 11 is 0. The van der Waals surface area contributed by atoms with Gasteiger partial charge in [-0.25, -0.2) is 9.68 Å². The molecule has 0 saturated carbocycles. The molecule has 210 valence electrons. The monoisotopic (exact) mass is 564 g/mol. The third kappa shape index (κ3) is 6.60. The lowest BCUT2D eigenvalue weighted by atomic mass is 9.94. The standard InChI is InChI=1S/C30H23F3N2O6/c1-17-14-19(34-27(36)22-7-3-2-6-18(22)16-41-40)10-12-21(17)23-13-11-20(15-26(23)30(31,32)33)35-28(37)24-8-4-5-9-25(24)29(38)39/h2-15,40H,16H2,1H3,(H,34,36)(H,35,37)(H,38,39). The topological polar surface area (TPSA) is 125 Å².